The lowest BCUT2D eigenvalue weighted by molar-refractivity contribution is -0.143. The second-order valence-electron chi connectivity index (χ2n) is 5.12. The smallest absolute Gasteiger partial charge is 0.311 e. The van der Waals surface area contributed by atoms with Gasteiger partial charge in [-0.3, -0.25) is 9.59 Å². The lowest BCUT2D eigenvalue weighted by Crippen LogP contribution is -2.30. The Hall–Kier alpha value is -1.32. The topological polar surface area (TPSA) is 52.6 Å². The lowest BCUT2D eigenvalue weighted by Gasteiger charge is -2.31. The molecule has 0 aromatic heterocycles. The number of rotatable bonds is 0. The van der Waals surface area contributed by atoms with Crippen molar-refractivity contribution in [2.75, 3.05) is 6.61 Å². The van der Waals surface area contributed by atoms with Gasteiger partial charge in [0.1, 0.15) is 0 Å². The first-order chi connectivity index (χ1) is 7.48. The highest BCUT2D eigenvalue weighted by Gasteiger charge is 2.36. The Kier molecular flexibility index (Phi) is 2.74. The molecule has 1 aliphatic heterocycles. The van der Waals surface area contributed by atoms with E-state index in [0.29, 0.717) is 38.0 Å². The van der Waals surface area contributed by atoms with Crippen molar-refractivity contribution >= 4 is 11.8 Å². The molecular weight excluding hydrogens is 208 g/mol. The Balaban J connectivity index is 2.31. The fourth-order valence-electron chi connectivity index (χ4n) is 2.07. The van der Waals surface area contributed by atoms with Gasteiger partial charge in [-0.2, -0.15) is 0 Å². The average Bonchev–Trinajstić information content (AvgIpc) is 2.10. The van der Waals surface area contributed by atoms with E-state index >= 15 is 0 Å². The summed E-state index contributed by atoms with van der Waals surface area (Å²) in [6.45, 7) is 4.39. The molecule has 0 saturated carbocycles. The number of carbonyl (C=O) groups is 2. The molecule has 88 valence electrons. The molecule has 2 rings (SSSR count). The van der Waals surface area contributed by atoms with Crippen molar-refractivity contribution in [1.82, 2.24) is 0 Å². The number of ether oxygens (including phenoxy) is 2. The normalized spacial score (nSPS) is 25.1. The molecule has 0 fully saturated rings. The monoisotopic (exact) mass is 224 g/mol. The highest BCUT2D eigenvalue weighted by Crippen LogP contribution is 2.38. The van der Waals surface area contributed by atoms with Gasteiger partial charge in [0.05, 0.1) is 6.61 Å². The summed E-state index contributed by atoms with van der Waals surface area (Å²) in [5.74, 6) is 0.376. The number of hydrogen-bond acceptors (Lipinski definition) is 4. The van der Waals surface area contributed by atoms with Crippen LogP contribution in [0.15, 0.2) is 11.5 Å². The first kappa shape index (κ1) is 11.2. The molecule has 1 heterocycles. The maximum atomic E-state index is 11.8. The third-order valence-corrected chi connectivity index (χ3v) is 2.79. The van der Waals surface area contributed by atoms with Crippen molar-refractivity contribution in [2.45, 2.75) is 39.5 Å². The summed E-state index contributed by atoms with van der Waals surface area (Å²) in [5.41, 5.74) is -0.154. The quantitative estimate of drug-likeness (QED) is 0.590. The minimum Gasteiger partial charge on any atom is -0.487 e. The van der Waals surface area contributed by atoms with Crippen LogP contribution in [0.1, 0.15) is 39.5 Å². The minimum atomic E-state index is -0.263. The van der Waals surface area contributed by atoms with Gasteiger partial charge >= 0.3 is 5.97 Å². The number of ketones is 1. The zero-order valence-electron chi connectivity index (χ0n) is 9.67. The molecule has 0 saturated heterocycles. The second-order valence-corrected chi connectivity index (χ2v) is 5.12. The van der Waals surface area contributed by atoms with Crippen LogP contribution in [-0.2, 0) is 19.1 Å². The molecule has 0 amide bonds. The van der Waals surface area contributed by atoms with E-state index in [1.807, 2.05) is 13.8 Å². The van der Waals surface area contributed by atoms with Crippen LogP contribution < -0.4 is 0 Å². The molecule has 16 heavy (non-hydrogen) atoms. The highest BCUT2D eigenvalue weighted by atomic mass is 16.6. The molecular formula is C12H16O4. The van der Waals surface area contributed by atoms with E-state index in [0.717, 1.165) is 0 Å². The fourth-order valence-corrected chi connectivity index (χ4v) is 2.07. The van der Waals surface area contributed by atoms with Gasteiger partial charge in [0.15, 0.2) is 5.76 Å². The molecule has 0 unspecified atom stereocenters. The number of Topliss-reactive ketones (excluding diaryl/α,β-unsaturated/α-hetero) is 1. The molecule has 1 aliphatic carbocycles. The summed E-state index contributed by atoms with van der Waals surface area (Å²) >= 11 is 0. The third-order valence-electron chi connectivity index (χ3n) is 2.79. The minimum absolute atomic E-state index is 0.0547. The van der Waals surface area contributed by atoms with Crippen LogP contribution in [0.25, 0.3) is 0 Å². The molecule has 0 atom stereocenters. The van der Waals surface area contributed by atoms with Crippen LogP contribution >= 0.6 is 0 Å². The largest absolute Gasteiger partial charge is 0.487 e. The Bertz CT molecular complexity index is 365. The predicted molar refractivity (Wildman–Crippen MR) is 56.3 cm³/mol. The Labute approximate surface area is 94.6 Å². The summed E-state index contributed by atoms with van der Waals surface area (Å²) in [5, 5.41) is 0. The summed E-state index contributed by atoms with van der Waals surface area (Å²) in [6, 6.07) is 0. The van der Waals surface area contributed by atoms with Gasteiger partial charge in [-0.25, -0.2) is 0 Å². The molecule has 0 bridgehead atoms. The van der Waals surface area contributed by atoms with Crippen molar-refractivity contribution in [2.24, 2.45) is 5.41 Å². The molecule has 2 aliphatic rings. The van der Waals surface area contributed by atoms with Crippen molar-refractivity contribution in [3.63, 3.8) is 0 Å². The molecule has 0 spiro atoms. The molecule has 0 N–H and O–H groups in total. The molecule has 0 aromatic rings. The standard InChI is InChI=1S/C12H16O4/c1-12(2)6-8(13)11-9(7-12)16-10(14)4-3-5-15-11/h3-7H2,1-2H3. The summed E-state index contributed by atoms with van der Waals surface area (Å²) in [7, 11) is 0. The molecule has 4 nitrogen and oxygen atoms in total. The zero-order chi connectivity index (χ0) is 11.8. The Morgan fingerprint density at radius 3 is 2.69 bits per heavy atom. The van der Waals surface area contributed by atoms with Crippen molar-refractivity contribution in [1.29, 1.82) is 0 Å². The maximum absolute atomic E-state index is 11.8. The van der Waals surface area contributed by atoms with E-state index in [1.165, 1.54) is 0 Å². The number of carbonyl (C=O) groups excluding carboxylic acids is 2. The predicted octanol–water partition coefficient (Wildman–Crippen LogP) is 1.94. The van der Waals surface area contributed by atoms with Gasteiger partial charge < -0.3 is 9.47 Å². The van der Waals surface area contributed by atoms with Crippen LogP contribution in [0, 0.1) is 5.41 Å². The van der Waals surface area contributed by atoms with E-state index in [1.54, 1.807) is 0 Å². The van der Waals surface area contributed by atoms with Crippen molar-refractivity contribution < 1.29 is 19.1 Å². The average molecular weight is 224 g/mol. The highest BCUT2D eigenvalue weighted by molar-refractivity contribution is 5.95. The lowest BCUT2D eigenvalue weighted by atomic mass is 9.78. The first-order valence-electron chi connectivity index (χ1n) is 5.58. The summed E-state index contributed by atoms with van der Waals surface area (Å²) in [6.07, 6.45) is 1.99. The van der Waals surface area contributed by atoms with Gasteiger partial charge in [-0.05, 0) is 11.8 Å². The SMILES string of the molecule is CC1(C)CC(=O)C2=C(C1)OC(=O)CCCO2. The van der Waals surface area contributed by atoms with Crippen LogP contribution in [0.4, 0.5) is 0 Å². The van der Waals surface area contributed by atoms with Crippen LogP contribution in [0.2, 0.25) is 0 Å². The van der Waals surface area contributed by atoms with Gasteiger partial charge in [0, 0.05) is 19.3 Å². The van der Waals surface area contributed by atoms with Gasteiger partial charge in [-0.15, -0.1) is 0 Å². The van der Waals surface area contributed by atoms with Crippen LogP contribution in [0.5, 0.6) is 0 Å². The maximum Gasteiger partial charge on any atom is 0.311 e. The summed E-state index contributed by atoms with van der Waals surface area (Å²) in [4.78, 5) is 23.2. The van der Waals surface area contributed by atoms with Gasteiger partial charge in [0.2, 0.25) is 11.5 Å². The molecule has 0 radical (unpaired) electrons. The zero-order valence-corrected chi connectivity index (χ0v) is 9.67. The third kappa shape index (κ3) is 2.26. The van der Waals surface area contributed by atoms with E-state index in [9.17, 15) is 9.59 Å². The number of hydrogen-bond donors (Lipinski definition) is 0. The molecule has 4 heteroatoms. The van der Waals surface area contributed by atoms with E-state index < -0.39 is 0 Å². The second kappa shape index (κ2) is 3.92. The van der Waals surface area contributed by atoms with Gasteiger partial charge in [0.25, 0.3) is 0 Å². The molecule has 0 aromatic carbocycles. The van der Waals surface area contributed by atoms with E-state index in [2.05, 4.69) is 0 Å². The fraction of sp³-hybridized carbons (Fsp3) is 0.667. The van der Waals surface area contributed by atoms with Crippen LogP contribution in [0.3, 0.4) is 0 Å². The van der Waals surface area contributed by atoms with Crippen molar-refractivity contribution in [3.05, 3.63) is 11.5 Å². The Morgan fingerprint density at radius 2 is 1.94 bits per heavy atom. The van der Waals surface area contributed by atoms with Crippen molar-refractivity contribution in [3.8, 4) is 0 Å². The number of esters is 1. The van der Waals surface area contributed by atoms with Crippen LogP contribution in [-0.4, -0.2) is 18.4 Å². The Morgan fingerprint density at radius 1 is 1.19 bits per heavy atom. The number of allylic oxidation sites excluding steroid dienone is 2. The van der Waals surface area contributed by atoms with Gasteiger partial charge in [-0.1, -0.05) is 13.8 Å². The first-order valence-corrected chi connectivity index (χ1v) is 5.58. The van der Waals surface area contributed by atoms with E-state index in [4.69, 9.17) is 9.47 Å². The summed E-state index contributed by atoms with van der Waals surface area (Å²) < 4.78 is 10.6. The van der Waals surface area contributed by atoms with E-state index in [-0.39, 0.29) is 22.9 Å².